The van der Waals surface area contributed by atoms with Crippen molar-refractivity contribution >= 4 is 29.0 Å². The van der Waals surface area contributed by atoms with Crippen molar-refractivity contribution in [2.24, 2.45) is 0 Å². The quantitative estimate of drug-likeness (QED) is 0.710. The minimum Gasteiger partial charge on any atom is -0.369 e. The number of benzene rings is 2. The molecule has 0 aliphatic carbocycles. The highest BCUT2D eigenvalue weighted by atomic mass is 35.5. The number of aryl methyl sites for hydroxylation is 1. The standard InChI is InChI=1S/C19H17Cl2N3/c1-12-4-2-3-5-18(12)24-19-15(8-9-22-19)17(23-24)10-13-6-7-14(20)11-16(13)21/h2-7,11,22H,8-10H2,1H3. The normalized spacial score (nSPS) is 13.0. The van der Waals surface area contributed by atoms with E-state index < -0.39 is 0 Å². The molecule has 24 heavy (non-hydrogen) atoms. The second-order valence-electron chi connectivity index (χ2n) is 6.06. The third kappa shape index (κ3) is 2.68. The second-order valence-corrected chi connectivity index (χ2v) is 6.91. The van der Waals surface area contributed by atoms with Gasteiger partial charge in [-0.2, -0.15) is 5.10 Å². The van der Waals surface area contributed by atoms with E-state index >= 15 is 0 Å². The van der Waals surface area contributed by atoms with Crippen molar-refractivity contribution in [2.45, 2.75) is 19.8 Å². The molecular formula is C19H17Cl2N3. The van der Waals surface area contributed by atoms with E-state index in [1.165, 1.54) is 11.1 Å². The Labute approximate surface area is 151 Å². The summed E-state index contributed by atoms with van der Waals surface area (Å²) in [5.41, 5.74) is 5.71. The number of hydrogen-bond acceptors (Lipinski definition) is 2. The predicted molar refractivity (Wildman–Crippen MR) is 99.8 cm³/mol. The highest BCUT2D eigenvalue weighted by Gasteiger charge is 2.24. The number of fused-ring (bicyclic) bond motifs is 1. The van der Waals surface area contributed by atoms with Crippen LogP contribution in [-0.4, -0.2) is 16.3 Å². The lowest BCUT2D eigenvalue weighted by atomic mass is 10.1. The molecule has 0 saturated carbocycles. The molecule has 3 nitrogen and oxygen atoms in total. The molecular weight excluding hydrogens is 341 g/mol. The molecule has 0 fully saturated rings. The molecule has 5 heteroatoms. The van der Waals surface area contributed by atoms with Gasteiger partial charge in [0.1, 0.15) is 5.82 Å². The number of aromatic nitrogens is 2. The van der Waals surface area contributed by atoms with E-state index in [4.69, 9.17) is 28.3 Å². The van der Waals surface area contributed by atoms with Gasteiger partial charge in [-0.1, -0.05) is 47.5 Å². The summed E-state index contributed by atoms with van der Waals surface area (Å²) in [6.07, 6.45) is 1.70. The first-order chi connectivity index (χ1) is 11.6. The van der Waals surface area contributed by atoms with Gasteiger partial charge in [-0.25, -0.2) is 4.68 Å². The molecule has 1 aliphatic rings. The fraction of sp³-hybridized carbons (Fsp3) is 0.211. The summed E-state index contributed by atoms with van der Waals surface area (Å²) in [4.78, 5) is 0. The fourth-order valence-electron chi connectivity index (χ4n) is 3.21. The van der Waals surface area contributed by atoms with Gasteiger partial charge >= 0.3 is 0 Å². The van der Waals surface area contributed by atoms with Crippen LogP contribution in [0.2, 0.25) is 10.0 Å². The second kappa shape index (κ2) is 6.15. The maximum absolute atomic E-state index is 6.34. The van der Waals surface area contributed by atoms with Gasteiger partial charge in [-0.3, -0.25) is 0 Å². The maximum Gasteiger partial charge on any atom is 0.133 e. The van der Waals surface area contributed by atoms with Crippen LogP contribution in [0.15, 0.2) is 42.5 Å². The molecule has 1 N–H and O–H groups in total. The van der Waals surface area contributed by atoms with Gasteiger partial charge in [0, 0.05) is 28.6 Å². The van der Waals surface area contributed by atoms with Gasteiger partial charge in [-0.15, -0.1) is 0 Å². The Kier molecular flexibility index (Phi) is 3.99. The van der Waals surface area contributed by atoms with Crippen molar-refractivity contribution in [1.82, 2.24) is 9.78 Å². The Morgan fingerprint density at radius 1 is 1.17 bits per heavy atom. The smallest absolute Gasteiger partial charge is 0.133 e. The molecule has 0 unspecified atom stereocenters. The lowest BCUT2D eigenvalue weighted by Crippen LogP contribution is -2.06. The summed E-state index contributed by atoms with van der Waals surface area (Å²) < 4.78 is 2.02. The van der Waals surface area contributed by atoms with Gasteiger partial charge in [0.2, 0.25) is 0 Å². The van der Waals surface area contributed by atoms with E-state index in [0.717, 1.165) is 35.7 Å². The molecule has 1 aliphatic heterocycles. The highest BCUT2D eigenvalue weighted by Crippen LogP contribution is 2.32. The van der Waals surface area contributed by atoms with Crippen molar-refractivity contribution in [3.63, 3.8) is 0 Å². The number of halogens is 2. The first kappa shape index (κ1) is 15.6. The Balaban J connectivity index is 1.78. The average Bonchev–Trinajstić information content (AvgIpc) is 3.14. The zero-order valence-electron chi connectivity index (χ0n) is 13.3. The fourth-order valence-corrected chi connectivity index (χ4v) is 3.68. The van der Waals surface area contributed by atoms with Crippen molar-refractivity contribution in [3.8, 4) is 5.69 Å². The Bertz CT molecular complexity index is 915. The van der Waals surface area contributed by atoms with Crippen LogP contribution >= 0.6 is 23.2 Å². The zero-order chi connectivity index (χ0) is 16.7. The van der Waals surface area contributed by atoms with Crippen molar-refractivity contribution in [1.29, 1.82) is 0 Å². The third-order valence-corrected chi connectivity index (χ3v) is 5.04. The minimum absolute atomic E-state index is 0.654. The Morgan fingerprint density at radius 3 is 2.79 bits per heavy atom. The van der Waals surface area contributed by atoms with E-state index in [9.17, 15) is 0 Å². The molecule has 2 aromatic carbocycles. The van der Waals surface area contributed by atoms with Crippen LogP contribution in [0.1, 0.15) is 22.4 Å². The number of nitrogens with zero attached hydrogens (tertiary/aromatic N) is 2. The summed E-state index contributed by atoms with van der Waals surface area (Å²) >= 11 is 12.3. The Hall–Kier alpha value is -1.97. The molecule has 2 heterocycles. The predicted octanol–water partition coefficient (Wildman–Crippen LogP) is 5.05. The maximum atomic E-state index is 6.34. The van der Waals surface area contributed by atoms with Gasteiger partial charge in [0.25, 0.3) is 0 Å². The van der Waals surface area contributed by atoms with Crippen LogP contribution in [0.5, 0.6) is 0 Å². The van der Waals surface area contributed by atoms with Crippen molar-refractivity contribution in [3.05, 3.63) is 74.9 Å². The largest absolute Gasteiger partial charge is 0.369 e. The van der Waals surface area contributed by atoms with Crippen LogP contribution in [0, 0.1) is 6.92 Å². The molecule has 0 spiro atoms. The lowest BCUT2D eigenvalue weighted by Gasteiger charge is -2.09. The van der Waals surface area contributed by atoms with E-state index in [-0.39, 0.29) is 0 Å². The summed E-state index contributed by atoms with van der Waals surface area (Å²) in [7, 11) is 0. The molecule has 0 bridgehead atoms. The van der Waals surface area contributed by atoms with Gasteiger partial charge in [0.15, 0.2) is 0 Å². The molecule has 0 atom stereocenters. The molecule has 0 amide bonds. The topological polar surface area (TPSA) is 29.9 Å². The zero-order valence-corrected chi connectivity index (χ0v) is 14.8. The average molecular weight is 358 g/mol. The number of nitrogens with one attached hydrogen (secondary N) is 1. The summed E-state index contributed by atoms with van der Waals surface area (Å²) in [6, 6.07) is 13.9. The number of rotatable bonds is 3. The van der Waals surface area contributed by atoms with Gasteiger partial charge in [0.05, 0.1) is 11.4 Å². The first-order valence-electron chi connectivity index (χ1n) is 7.98. The van der Waals surface area contributed by atoms with Gasteiger partial charge < -0.3 is 5.32 Å². The number of para-hydroxylation sites is 1. The monoisotopic (exact) mass is 357 g/mol. The van der Waals surface area contributed by atoms with Crippen molar-refractivity contribution in [2.75, 3.05) is 11.9 Å². The summed E-state index contributed by atoms with van der Waals surface area (Å²) in [5, 5.41) is 9.70. The van der Waals surface area contributed by atoms with E-state index in [2.05, 4.69) is 24.4 Å². The first-order valence-corrected chi connectivity index (χ1v) is 8.73. The van der Waals surface area contributed by atoms with E-state index in [1.807, 2.05) is 28.9 Å². The summed E-state index contributed by atoms with van der Waals surface area (Å²) in [6.45, 7) is 3.05. The highest BCUT2D eigenvalue weighted by molar-refractivity contribution is 6.35. The third-order valence-electron chi connectivity index (χ3n) is 4.45. The number of hydrogen-bond donors (Lipinski definition) is 1. The molecule has 1 aromatic heterocycles. The van der Waals surface area contributed by atoms with Crippen LogP contribution in [-0.2, 0) is 12.8 Å². The van der Waals surface area contributed by atoms with Crippen LogP contribution < -0.4 is 5.32 Å². The molecule has 122 valence electrons. The lowest BCUT2D eigenvalue weighted by molar-refractivity contribution is 0.835. The molecule has 0 saturated heterocycles. The minimum atomic E-state index is 0.654. The Morgan fingerprint density at radius 2 is 2.00 bits per heavy atom. The van der Waals surface area contributed by atoms with Crippen LogP contribution in [0.25, 0.3) is 5.69 Å². The van der Waals surface area contributed by atoms with Gasteiger partial charge in [-0.05, 0) is 42.7 Å². The van der Waals surface area contributed by atoms with E-state index in [1.54, 1.807) is 6.07 Å². The van der Waals surface area contributed by atoms with Crippen LogP contribution in [0.4, 0.5) is 5.82 Å². The molecule has 3 aromatic rings. The number of anilines is 1. The molecule has 4 rings (SSSR count). The van der Waals surface area contributed by atoms with Crippen LogP contribution in [0.3, 0.4) is 0 Å². The SMILES string of the molecule is Cc1ccccc1-n1nc(Cc2ccc(Cl)cc2Cl)c2c1NCC2. The van der Waals surface area contributed by atoms with E-state index in [0.29, 0.717) is 16.5 Å². The summed E-state index contributed by atoms with van der Waals surface area (Å²) in [5.74, 6) is 1.10. The molecule has 0 radical (unpaired) electrons. The van der Waals surface area contributed by atoms with Crippen molar-refractivity contribution < 1.29 is 0 Å².